The van der Waals surface area contributed by atoms with Crippen molar-refractivity contribution >= 4 is 6.08 Å². The number of allylic oxidation sites excluding steroid dienone is 1. The molecule has 0 aliphatic heterocycles. The minimum atomic E-state index is 0.164. The van der Waals surface area contributed by atoms with Crippen LogP contribution in [-0.4, -0.2) is 23.7 Å². The number of ether oxygens (including phenoxy) is 1. The molecule has 0 unspecified atom stereocenters. The van der Waals surface area contributed by atoms with E-state index in [1.807, 2.05) is 33.9 Å². The molecule has 0 aliphatic rings. The van der Waals surface area contributed by atoms with Crippen LogP contribution in [0.2, 0.25) is 0 Å². The van der Waals surface area contributed by atoms with Crippen molar-refractivity contribution in [1.82, 2.24) is 9.97 Å². The molecule has 120 valence electrons. The fourth-order valence-corrected chi connectivity index (χ4v) is 2.00. The molecule has 0 fully saturated rings. The van der Waals surface area contributed by atoms with Crippen molar-refractivity contribution in [3.63, 3.8) is 0 Å². The van der Waals surface area contributed by atoms with Gasteiger partial charge in [0.15, 0.2) is 0 Å². The average molecular weight is 292 g/mol. The first-order valence-electron chi connectivity index (χ1n) is 7.85. The van der Waals surface area contributed by atoms with E-state index in [1.165, 1.54) is 5.57 Å². The number of hydrogen-bond acceptors (Lipinski definition) is 3. The summed E-state index contributed by atoms with van der Waals surface area (Å²) in [5.41, 5.74) is 4.43. The maximum Gasteiger partial charge on any atom is 0.0842 e. The molecule has 0 bridgehead atoms. The number of methoxy groups -OCH3 is 1. The van der Waals surface area contributed by atoms with Crippen LogP contribution < -0.4 is 0 Å². The summed E-state index contributed by atoms with van der Waals surface area (Å²) in [7, 11) is 1.75. The molecule has 1 heterocycles. The Hall–Kier alpha value is -1.22. The van der Waals surface area contributed by atoms with Gasteiger partial charge >= 0.3 is 0 Å². The molecule has 0 amide bonds. The molecule has 0 radical (unpaired) electrons. The van der Waals surface area contributed by atoms with E-state index in [0.717, 1.165) is 36.5 Å². The second-order valence-corrected chi connectivity index (χ2v) is 5.79. The minimum absolute atomic E-state index is 0.164. The molecule has 1 aromatic rings. The predicted molar refractivity (Wildman–Crippen MR) is 91.4 cm³/mol. The van der Waals surface area contributed by atoms with E-state index in [-0.39, 0.29) is 5.41 Å². The smallest absolute Gasteiger partial charge is 0.0842 e. The monoisotopic (exact) mass is 292 g/mol. The Labute approximate surface area is 130 Å². The zero-order chi connectivity index (χ0) is 16.5. The first kappa shape index (κ1) is 19.8. The van der Waals surface area contributed by atoms with Crippen molar-refractivity contribution in [2.75, 3.05) is 13.7 Å². The molecule has 1 rings (SSSR count). The van der Waals surface area contributed by atoms with E-state index in [9.17, 15) is 0 Å². The maximum atomic E-state index is 5.13. The third kappa shape index (κ3) is 6.85. The van der Waals surface area contributed by atoms with E-state index in [2.05, 4.69) is 36.8 Å². The van der Waals surface area contributed by atoms with Crippen LogP contribution in [0, 0.1) is 19.3 Å². The van der Waals surface area contributed by atoms with Crippen LogP contribution >= 0.6 is 0 Å². The fourth-order valence-electron chi connectivity index (χ4n) is 2.00. The van der Waals surface area contributed by atoms with E-state index < -0.39 is 0 Å². The molecule has 3 heteroatoms. The Morgan fingerprint density at radius 3 is 2.43 bits per heavy atom. The van der Waals surface area contributed by atoms with Crippen molar-refractivity contribution < 1.29 is 4.74 Å². The van der Waals surface area contributed by atoms with Gasteiger partial charge in [0.2, 0.25) is 0 Å². The average Bonchev–Trinajstić information content (AvgIpc) is 2.44. The van der Waals surface area contributed by atoms with Crippen LogP contribution in [0.4, 0.5) is 0 Å². The van der Waals surface area contributed by atoms with Crippen molar-refractivity contribution in [2.45, 2.75) is 61.3 Å². The normalized spacial score (nSPS) is 11.9. The minimum Gasteiger partial charge on any atom is -0.385 e. The molecule has 0 saturated heterocycles. The van der Waals surface area contributed by atoms with Gasteiger partial charge in [-0.2, -0.15) is 0 Å². The predicted octanol–water partition coefficient (Wildman–Crippen LogP) is 4.98. The van der Waals surface area contributed by atoms with Gasteiger partial charge in [0, 0.05) is 19.9 Å². The van der Waals surface area contributed by atoms with Gasteiger partial charge in [-0.1, -0.05) is 33.3 Å². The van der Waals surface area contributed by atoms with Crippen molar-refractivity contribution in [2.24, 2.45) is 5.41 Å². The highest BCUT2D eigenvalue weighted by molar-refractivity contribution is 5.51. The number of aryl methyl sites for hydroxylation is 2. The highest BCUT2D eigenvalue weighted by Gasteiger charge is 2.20. The molecule has 0 atom stereocenters. The summed E-state index contributed by atoms with van der Waals surface area (Å²) in [5, 5.41) is 0. The van der Waals surface area contributed by atoms with E-state index in [1.54, 1.807) is 7.11 Å². The SMILES string of the molecule is CC.COCCCC(C)(C)/C(C)=C/c1ncc(C)nc1C. The molecular formula is C18H32N2O. The Morgan fingerprint density at radius 2 is 1.90 bits per heavy atom. The molecule has 0 aliphatic carbocycles. The van der Waals surface area contributed by atoms with Crippen molar-refractivity contribution in [1.29, 1.82) is 0 Å². The molecular weight excluding hydrogens is 260 g/mol. The quantitative estimate of drug-likeness (QED) is 0.694. The largest absolute Gasteiger partial charge is 0.385 e. The van der Waals surface area contributed by atoms with Gasteiger partial charge in [0.05, 0.1) is 17.1 Å². The Bertz CT molecular complexity index is 451. The summed E-state index contributed by atoms with van der Waals surface area (Å²) >= 11 is 0. The lowest BCUT2D eigenvalue weighted by atomic mass is 9.80. The van der Waals surface area contributed by atoms with Crippen LogP contribution in [0.15, 0.2) is 11.8 Å². The third-order valence-corrected chi connectivity index (χ3v) is 3.68. The zero-order valence-corrected chi connectivity index (χ0v) is 15.1. The second-order valence-electron chi connectivity index (χ2n) is 5.79. The van der Waals surface area contributed by atoms with Crippen LogP contribution in [-0.2, 0) is 4.74 Å². The van der Waals surface area contributed by atoms with Gasteiger partial charge in [-0.3, -0.25) is 9.97 Å². The first-order valence-corrected chi connectivity index (χ1v) is 7.85. The maximum absolute atomic E-state index is 5.13. The standard InChI is InChI=1S/C16H26N2O.C2H6/c1-12(16(4,5)8-7-9-19-6)10-15-14(3)18-13(2)11-17-15;1-2/h10-11H,7-9H2,1-6H3;1-2H3/b12-10+;. The highest BCUT2D eigenvalue weighted by Crippen LogP contribution is 2.32. The van der Waals surface area contributed by atoms with Gasteiger partial charge < -0.3 is 4.74 Å². The summed E-state index contributed by atoms with van der Waals surface area (Å²) in [6, 6.07) is 0. The van der Waals surface area contributed by atoms with Gasteiger partial charge in [-0.15, -0.1) is 0 Å². The van der Waals surface area contributed by atoms with Gasteiger partial charge in [0.25, 0.3) is 0 Å². The Morgan fingerprint density at radius 1 is 1.29 bits per heavy atom. The van der Waals surface area contributed by atoms with Crippen LogP contribution in [0.1, 0.15) is 64.5 Å². The van der Waals surface area contributed by atoms with Crippen LogP contribution in [0.3, 0.4) is 0 Å². The van der Waals surface area contributed by atoms with Gasteiger partial charge in [-0.05, 0) is 45.1 Å². The molecule has 0 aromatic carbocycles. The van der Waals surface area contributed by atoms with Gasteiger partial charge in [0.1, 0.15) is 0 Å². The summed E-state index contributed by atoms with van der Waals surface area (Å²) < 4.78 is 5.13. The Balaban J connectivity index is 0.00000191. The lowest BCUT2D eigenvalue weighted by molar-refractivity contribution is 0.181. The fraction of sp³-hybridized carbons (Fsp3) is 0.667. The van der Waals surface area contributed by atoms with Gasteiger partial charge in [-0.25, -0.2) is 0 Å². The van der Waals surface area contributed by atoms with Crippen LogP contribution in [0.5, 0.6) is 0 Å². The molecule has 1 aromatic heterocycles. The van der Waals surface area contributed by atoms with Crippen LogP contribution in [0.25, 0.3) is 6.08 Å². The number of hydrogen-bond donors (Lipinski definition) is 0. The van der Waals surface area contributed by atoms with E-state index >= 15 is 0 Å². The third-order valence-electron chi connectivity index (χ3n) is 3.68. The number of aromatic nitrogens is 2. The summed E-state index contributed by atoms with van der Waals surface area (Å²) in [6.07, 6.45) is 6.17. The molecule has 0 spiro atoms. The summed E-state index contributed by atoms with van der Waals surface area (Å²) in [5.74, 6) is 0. The van der Waals surface area contributed by atoms with E-state index in [0.29, 0.717) is 0 Å². The molecule has 21 heavy (non-hydrogen) atoms. The zero-order valence-electron chi connectivity index (χ0n) is 15.1. The summed E-state index contributed by atoms with van der Waals surface area (Å²) in [6.45, 7) is 15.5. The second kappa shape index (κ2) is 9.67. The molecule has 0 N–H and O–H groups in total. The topological polar surface area (TPSA) is 35.0 Å². The highest BCUT2D eigenvalue weighted by atomic mass is 16.5. The lowest BCUT2D eigenvalue weighted by Gasteiger charge is -2.26. The van der Waals surface area contributed by atoms with Crippen molar-refractivity contribution in [3.05, 3.63) is 28.9 Å². The van der Waals surface area contributed by atoms with E-state index in [4.69, 9.17) is 4.74 Å². The van der Waals surface area contributed by atoms with Crippen molar-refractivity contribution in [3.8, 4) is 0 Å². The Kier molecular flexibility index (Phi) is 9.11. The number of nitrogens with zero attached hydrogens (tertiary/aromatic N) is 2. The first-order chi connectivity index (χ1) is 9.86. The summed E-state index contributed by atoms with van der Waals surface area (Å²) in [4.78, 5) is 8.92. The molecule has 3 nitrogen and oxygen atoms in total. The lowest BCUT2D eigenvalue weighted by Crippen LogP contribution is -2.14. The molecule has 0 saturated carbocycles. The number of rotatable bonds is 6.